The van der Waals surface area contributed by atoms with Gasteiger partial charge in [-0.25, -0.2) is 4.98 Å². The average Bonchev–Trinajstić information content (AvgIpc) is 2.82. The molecule has 0 amide bonds. The van der Waals surface area contributed by atoms with Crippen molar-refractivity contribution in [2.24, 2.45) is 5.84 Å². The summed E-state index contributed by atoms with van der Waals surface area (Å²) in [6.45, 7) is 0. The van der Waals surface area contributed by atoms with Gasteiger partial charge in [-0.2, -0.15) is 0 Å². The Morgan fingerprint density at radius 3 is 3.06 bits per heavy atom. The summed E-state index contributed by atoms with van der Waals surface area (Å²) in [7, 11) is 0. The predicted octanol–water partition coefficient (Wildman–Crippen LogP) is 1.86. The van der Waals surface area contributed by atoms with E-state index in [2.05, 4.69) is 34.7 Å². The topological polar surface area (TPSA) is 50.9 Å². The Hall–Kier alpha value is -1.23. The van der Waals surface area contributed by atoms with E-state index in [9.17, 15) is 0 Å². The second kappa shape index (κ2) is 4.56. The smallest absolute Gasteiger partial charge is 0.0941 e. The fourth-order valence-electron chi connectivity index (χ4n) is 2.52. The van der Waals surface area contributed by atoms with E-state index in [1.165, 1.54) is 11.1 Å². The number of rotatable bonds is 4. The van der Waals surface area contributed by atoms with Crippen LogP contribution in [0.1, 0.15) is 22.1 Å². The highest BCUT2D eigenvalue weighted by atomic mass is 32.1. The first-order chi connectivity index (χ1) is 8.38. The van der Waals surface area contributed by atoms with Gasteiger partial charge in [0.1, 0.15) is 0 Å². The summed E-state index contributed by atoms with van der Waals surface area (Å²) in [4.78, 5) is 4.32. The summed E-state index contributed by atoms with van der Waals surface area (Å²) in [5.41, 5.74) is 5.84. The van der Waals surface area contributed by atoms with Crippen molar-refractivity contribution in [3.63, 3.8) is 0 Å². The fraction of sp³-hybridized carbons (Fsp3) is 0.308. The van der Waals surface area contributed by atoms with Gasteiger partial charge in [0, 0.05) is 30.0 Å². The Morgan fingerprint density at radius 2 is 2.35 bits per heavy atom. The summed E-state index contributed by atoms with van der Waals surface area (Å²) >= 11 is 1.69. The SMILES string of the molecule is NNC(Cc1nccs1)C1Cc2ccccc21. The number of aromatic nitrogens is 1. The fourth-order valence-corrected chi connectivity index (χ4v) is 3.19. The molecule has 4 heteroatoms. The molecule has 0 fully saturated rings. The van der Waals surface area contributed by atoms with E-state index in [1.807, 2.05) is 11.6 Å². The van der Waals surface area contributed by atoms with Crippen LogP contribution in [-0.4, -0.2) is 11.0 Å². The molecule has 1 aliphatic rings. The normalized spacial score (nSPS) is 19.5. The summed E-state index contributed by atoms with van der Waals surface area (Å²) in [6.07, 6.45) is 3.88. The number of hydrogen-bond donors (Lipinski definition) is 2. The lowest BCUT2D eigenvalue weighted by Gasteiger charge is -2.36. The predicted molar refractivity (Wildman–Crippen MR) is 69.8 cm³/mol. The van der Waals surface area contributed by atoms with Gasteiger partial charge in [0.05, 0.1) is 5.01 Å². The van der Waals surface area contributed by atoms with Crippen molar-refractivity contribution >= 4 is 11.3 Å². The minimum atomic E-state index is 0.288. The highest BCUT2D eigenvalue weighted by molar-refractivity contribution is 7.09. The van der Waals surface area contributed by atoms with Crippen molar-refractivity contribution in [2.75, 3.05) is 0 Å². The van der Waals surface area contributed by atoms with Crippen LogP contribution in [0.25, 0.3) is 0 Å². The molecule has 17 heavy (non-hydrogen) atoms. The van der Waals surface area contributed by atoms with Gasteiger partial charge in [-0.3, -0.25) is 11.3 Å². The summed E-state index contributed by atoms with van der Waals surface area (Å²) in [6, 6.07) is 8.89. The van der Waals surface area contributed by atoms with E-state index in [-0.39, 0.29) is 6.04 Å². The third kappa shape index (κ3) is 1.99. The monoisotopic (exact) mass is 245 g/mol. The second-order valence-electron chi connectivity index (χ2n) is 4.41. The largest absolute Gasteiger partial charge is 0.271 e. The number of hydrazine groups is 1. The number of fused-ring (bicyclic) bond motifs is 1. The molecule has 88 valence electrons. The lowest BCUT2D eigenvalue weighted by Crippen LogP contribution is -2.45. The Labute approximate surface area is 105 Å². The molecule has 0 bridgehead atoms. The van der Waals surface area contributed by atoms with E-state index in [1.54, 1.807) is 11.3 Å². The Balaban J connectivity index is 1.76. The molecule has 2 unspecified atom stereocenters. The van der Waals surface area contributed by atoms with Crippen molar-refractivity contribution < 1.29 is 0 Å². The van der Waals surface area contributed by atoms with Gasteiger partial charge in [-0.15, -0.1) is 11.3 Å². The zero-order chi connectivity index (χ0) is 11.7. The Kier molecular flexibility index (Phi) is 2.93. The van der Waals surface area contributed by atoms with Crippen LogP contribution in [0, 0.1) is 0 Å². The van der Waals surface area contributed by atoms with Crippen LogP contribution in [0.3, 0.4) is 0 Å². The van der Waals surface area contributed by atoms with Crippen molar-refractivity contribution in [1.29, 1.82) is 0 Å². The van der Waals surface area contributed by atoms with Gasteiger partial charge < -0.3 is 0 Å². The summed E-state index contributed by atoms with van der Waals surface area (Å²) < 4.78 is 0. The van der Waals surface area contributed by atoms with Gasteiger partial charge in [0.15, 0.2) is 0 Å². The minimum Gasteiger partial charge on any atom is -0.271 e. The molecule has 3 rings (SSSR count). The molecule has 3 N–H and O–H groups in total. The summed E-state index contributed by atoms with van der Waals surface area (Å²) in [5, 5.41) is 3.16. The van der Waals surface area contributed by atoms with Crippen molar-refractivity contribution in [3.05, 3.63) is 52.0 Å². The lowest BCUT2D eigenvalue weighted by molar-refractivity contribution is 0.403. The quantitative estimate of drug-likeness (QED) is 0.638. The van der Waals surface area contributed by atoms with Crippen LogP contribution >= 0.6 is 11.3 Å². The van der Waals surface area contributed by atoms with Crippen molar-refractivity contribution in [3.8, 4) is 0 Å². The standard InChI is InChI=1S/C13H15N3S/c14-16-12(8-13-15-5-6-17-13)11-7-9-3-1-2-4-10(9)11/h1-6,11-12,16H,7-8,14H2. The van der Waals surface area contributed by atoms with Crippen LogP contribution in [-0.2, 0) is 12.8 Å². The molecule has 2 atom stereocenters. The first-order valence-corrected chi connectivity index (χ1v) is 6.68. The molecule has 1 heterocycles. The Bertz CT molecular complexity index is 495. The maximum atomic E-state index is 5.68. The average molecular weight is 245 g/mol. The maximum Gasteiger partial charge on any atom is 0.0941 e. The lowest BCUT2D eigenvalue weighted by atomic mass is 9.73. The van der Waals surface area contributed by atoms with Gasteiger partial charge in [-0.05, 0) is 17.5 Å². The summed E-state index contributed by atoms with van der Waals surface area (Å²) in [5.74, 6) is 6.21. The molecule has 1 aliphatic carbocycles. The van der Waals surface area contributed by atoms with Crippen LogP contribution < -0.4 is 11.3 Å². The number of nitrogens with zero attached hydrogens (tertiary/aromatic N) is 1. The molecule has 2 aromatic rings. The second-order valence-corrected chi connectivity index (χ2v) is 5.39. The molecule has 0 radical (unpaired) electrons. The van der Waals surface area contributed by atoms with Crippen molar-refractivity contribution in [1.82, 2.24) is 10.4 Å². The molecule has 0 saturated heterocycles. The third-order valence-electron chi connectivity index (χ3n) is 3.47. The van der Waals surface area contributed by atoms with Crippen LogP contribution in [0.5, 0.6) is 0 Å². The molecule has 1 aromatic heterocycles. The van der Waals surface area contributed by atoms with Crippen molar-refractivity contribution in [2.45, 2.75) is 24.8 Å². The van der Waals surface area contributed by atoms with E-state index >= 15 is 0 Å². The first kappa shape index (κ1) is 10.9. The highest BCUT2D eigenvalue weighted by Crippen LogP contribution is 2.38. The molecule has 0 aliphatic heterocycles. The third-order valence-corrected chi connectivity index (χ3v) is 4.27. The maximum absolute atomic E-state index is 5.68. The van der Waals surface area contributed by atoms with E-state index in [0.717, 1.165) is 17.8 Å². The minimum absolute atomic E-state index is 0.288. The van der Waals surface area contributed by atoms with Crippen LogP contribution in [0.4, 0.5) is 0 Å². The van der Waals surface area contributed by atoms with Crippen LogP contribution in [0.2, 0.25) is 0 Å². The number of thiazole rings is 1. The molecule has 1 aromatic carbocycles. The van der Waals surface area contributed by atoms with Gasteiger partial charge >= 0.3 is 0 Å². The number of hydrogen-bond acceptors (Lipinski definition) is 4. The van der Waals surface area contributed by atoms with Gasteiger partial charge in [-0.1, -0.05) is 24.3 Å². The number of nitrogens with one attached hydrogen (secondary N) is 1. The first-order valence-electron chi connectivity index (χ1n) is 5.81. The van der Waals surface area contributed by atoms with Crippen LogP contribution in [0.15, 0.2) is 35.8 Å². The Morgan fingerprint density at radius 1 is 1.47 bits per heavy atom. The molecule has 0 spiro atoms. The molecule has 3 nitrogen and oxygen atoms in total. The van der Waals surface area contributed by atoms with E-state index < -0.39 is 0 Å². The zero-order valence-corrected chi connectivity index (χ0v) is 10.3. The van der Waals surface area contributed by atoms with E-state index in [0.29, 0.717) is 5.92 Å². The van der Waals surface area contributed by atoms with Gasteiger partial charge in [0.2, 0.25) is 0 Å². The molecule has 0 saturated carbocycles. The molecular weight excluding hydrogens is 230 g/mol. The molecular formula is C13H15N3S. The number of benzene rings is 1. The zero-order valence-electron chi connectivity index (χ0n) is 9.47. The van der Waals surface area contributed by atoms with Gasteiger partial charge in [0.25, 0.3) is 0 Å². The highest BCUT2D eigenvalue weighted by Gasteiger charge is 2.32. The van der Waals surface area contributed by atoms with E-state index in [4.69, 9.17) is 5.84 Å². The number of nitrogens with two attached hydrogens (primary N) is 1.